The highest BCUT2D eigenvalue weighted by Gasteiger charge is 2.29. The number of nitrogens with zero attached hydrogens (tertiary/aromatic N) is 2. The van der Waals surface area contributed by atoms with Gasteiger partial charge in [0.05, 0.1) is 15.9 Å². The Morgan fingerprint density at radius 2 is 1.78 bits per heavy atom. The fraction of sp³-hybridized carbons (Fsp3) is 0.227. The molecular formula is C22H22N6O8. The number of aromatic nitrogens is 1. The summed E-state index contributed by atoms with van der Waals surface area (Å²) in [6.45, 7) is 0. The van der Waals surface area contributed by atoms with Crippen molar-refractivity contribution in [2.75, 3.05) is 5.32 Å². The number of hydrogen-bond acceptors (Lipinski definition) is 8. The largest absolute Gasteiger partial charge is 0.480 e. The zero-order chi connectivity index (χ0) is 26.4. The van der Waals surface area contributed by atoms with Gasteiger partial charge in [-0.25, -0.2) is 4.79 Å². The van der Waals surface area contributed by atoms with Crippen LogP contribution in [-0.4, -0.2) is 49.8 Å². The number of H-pyrrole nitrogens is 1. The van der Waals surface area contributed by atoms with Crippen LogP contribution in [0.25, 0.3) is 10.9 Å². The number of nitrogens with two attached hydrogens (primary N) is 1. The Hall–Kier alpha value is -5.01. The average Bonchev–Trinajstić information content (AvgIpc) is 3.23. The summed E-state index contributed by atoms with van der Waals surface area (Å²) in [6.07, 6.45) is 1.09. The first-order chi connectivity index (χ1) is 17.1. The topological polar surface area (TPSA) is 224 Å². The van der Waals surface area contributed by atoms with E-state index in [4.69, 9.17) is 5.73 Å². The van der Waals surface area contributed by atoms with Crippen molar-refractivity contribution in [3.05, 3.63) is 74.5 Å². The Bertz CT molecular complexity index is 1340. The van der Waals surface area contributed by atoms with Crippen LogP contribution in [0.4, 0.5) is 17.1 Å². The fourth-order valence-electron chi connectivity index (χ4n) is 3.64. The number of aromatic amines is 1. The number of carboxylic acids is 1. The number of hydrogen-bond donors (Lipinski definition) is 5. The molecule has 188 valence electrons. The van der Waals surface area contributed by atoms with Crippen molar-refractivity contribution in [2.24, 2.45) is 5.73 Å². The van der Waals surface area contributed by atoms with Crippen molar-refractivity contribution in [2.45, 2.75) is 31.3 Å². The van der Waals surface area contributed by atoms with Crippen molar-refractivity contribution in [1.82, 2.24) is 10.3 Å². The van der Waals surface area contributed by atoms with Gasteiger partial charge in [0, 0.05) is 36.0 Å². The number of primary amides is 1. The number of carbonyl (C=O) groups is 3. The van der Waals surface area contributed by atoms with Crippen LogP contribution >= 0.6 is 0 Å². The van der Waals surface area contributed by atoms with Crippen molar-refractivity contribution in [1.29, 1.82) is 0 Å². The molecule has 0 spiro atoms. The number of nitrogens with one attached hydrogen (secondary N) is 3. The Morgan fingerprint density at radius 3 is 2.42 bits per heavy atom. The number of nitro groups is 2. The van der Waals surface area contributed by atoms with Crippen molar-refractivity contribution >= 4 is 45.7 Å². The molecule has 0 saturated carbocycles. The summed E-state index contributed by atoms with van der Waals surface area (Å²) in [4.78, 5) is 59.9. The zero-order valence-corrected chi connectivity index (χ0v) is 18.7. The minimum absolute atomic E-state index is 0.0217. The number of fused-ring (bicyclic) bond motifs is 1. The summed E-state index contributed by atoms with van der Waals surface area (Å²) in [5.41, 5.74) is 5.20. The molecular weight excluding hydrogens is 476 g/mol. The minimum Gasteiger partial charge on any atom is -0.480 e. The van der Waals surface area contributed by atoms with Crippen LogP contribution in [0, 0.1) is 20.2 Å². The van der Waals surface area contributed by atoms with Gasteiger partial charge in [-0.1, -0.05) is 18.2 Å². The van der Waals surface area contributed by atoms with Gasteiger partial charge in [0.25, 0.3) is 11.4 Å². The van der Waals surface area contributed by atoms with Gasteiger partial charge in [0.2, 0.25) is 11.8 Å². The molecule has 6 N–H and O–H groups in total. The van der Waals surface area contributed by atoms with Crippen LogP contribution in [0.2, 0.25) is 0 Å². The maximum atomic E-state index is 13.2. The molecule has 0 radical (unpaired) electrons. The van der Waals surface area contributed by atoms with E-state index in [9.17, 15) is 39.7 Å². The Kier molecular flexibility index (Phi) is 7.79. The van der Waals surface area contributed by atoms with E-state index in [1.54, 1.807) is 18.3 Å². The van der Waals surface area contributed by atoms with Crippen LogP contribution in [0.1, 0.15) is 18.4 Å². The fourth-order valence-corrected chi connectivity index (χ4v) is 3.64. The van der Waals surface area contributed by atoms with E-state index >= 15 is 0 Å². The van der Waals surface area contributed by atoms with Crippen molar-refractivity contribution < 1.29 is 29.3 Å². The molecule has 0 saturated heterocycles. The molecule has 0 bridgehead atoms. The summed E-state index contributed by atoms with van der Waals surface area (Å²) < 4.78 is 0. The Balaban J connectivity index is 1.96. The molecule has 36 heavy (non-hydrogen) atoms. The quantitative estimate of drug-likeness (QED) is 0.181. The summed E-state index contributed by atoms with van der Waals surface area (Å²) in [6, 6.07) is 7.45. The molecule has 0 unspecified atom stereocenters. The van der Waals surface area contributed by atoms with Gasteiger partial charge in [-0.15, -0.1) is 0 Å². The minimum atomic E-state index is -1.44. The third kappa shape index (κ3) is 6.11. The monoisotopic (exact) mass is 498 g/mol. The highest BCUT2D eigenvalue weighted by atomic mass is 16.6. The third-order valence-corrected chi connectivity index (χ3v) is 5.43. The molecule has 1 aromatic heterocycles. The number of aliphatic carboxylic acids is 1. The van der Waals surface area contributed by atoms with Crippen LogP contribution < -0.4 is 16.4 Å². The number of non-ortho nitro benzene ring substituents is 1. The number of rotatable bonds is 12. The molecule has 0 aliphatic heterocycles. The van der Waals surface area contributed by atoms with Gasteiger partial charge in [-0.05, 0) is 24.1 Å². The zero-order valence-electron chi connectivity index (χ0n) is 18.7. The van der Waals surface area contributed by atoms with Crippen molar-refractivity contribution in [3.8, 4) is 0 Å². The van der Waals surface area contributed by atoms with E-state index in [2.05, 4.69) is 15.6 Å². The molecule has 14 nitrogen and oxygen atoms in total. The molecule has 3 aromatic rings. The van der Waals surface area contributed by atoms with E-state index in [0.717, 1.165) is 29.1 Å². The highest BCUT2D eigenvalue weighted by Crippen LogP contribution is 2.30. The van der Waals surface area contributed by atoms with Gasteiger partial charge >= 0.3 is 5.97 Å². The van der Waals surface area contributed by atoms with E-state index < -0.39 is 51.1 Å². The highest BCUT2D eigenvalue weighted by molar-refractivity contribution is 5.91. The first-order valence-electron chi connectivity index (χ1n) is 10.6. The summed E-state index contributed by atoms with van der Waals surface area (Å²) >= 11 is 0. The maximum Gasteiger partial charge on any atom is 0.326 e. The van der Waals surface area contributed by atoms with E-state index in [-0.39, 0.29) is 24.9 Å². The predicted octanol–water partition coefficient (Wildman–Crippen LogP) is 1.84. The average molecular weight is 498 g/mol. The molecule has 2 aromatic carbocycles. The molecule has 0 aliphatic rings. The smallest absolute Gasteiger partial charge is 0.326 e. The van der Waals surface area contributed by atoms with E-state index in [1.807, 2.05) is 12.1 Å². The van der Waals surface area contributed by atoms with Gasteiger partial charge in [0.15, 0.2) is 0 Å². The van der Waals surface area contributed by atoms with Gasteiger partial charge in [-0.3, -0.25) is 29.8 Å². The lowest BCUT2D eigenvalue weighted by molar-refractivity contribution is -0.393. The molecule has 2 amide bonds. The number of anilines is 1. The lowest BCUT2D eigenvalue weighted by Crippen LogP contribution is -2.49. The first kappa shape index (κ1) is 25.6. The van der Waals surface area contributed by atoms with Gasteiger partial charge in [0.1, 0.15) is 17.8 Å². The first-order valence-corrected chi connectivity index (χ1v) is 10.6. The lowest BCUT2D eigenvalue weighted by atomic mass is 10.0. The summed E-state index contributed by atoms with van der Waals surface area (Å²) in [5, 5.41) is 37.9. The second-order valence-electron chi connectivity index (χ2n) is 7.88. The molecule has 1 heterocycles. The van der Waals surface area contributed by atoms with Crippen LogP contribution in [0.3, 0.4) is 0 Å². The van der Waals surface area contributed by atoms with E-state index in [0.29, 0.717) is 5.56 Å². The van der Waals surface area contributed by atoms with Crippen LogP contribution in [0.5, 0.6) is 0 Å². The van der Waals surface area contributed by atoms with Gasteiger partial charge < -0.3 is 26.5 Å². The number of carbonyl (C=O) groups excluding carboxylic acids is 2. The summed E-state index contributed by atoms with van der Waals surface area (Å²) in [7, 11) is 0. The lowest BCUT2D eigenvalue weighted by Gasteiger charge is -2.22. The van der Waals surface area contributed by atoms with Crippen molar-refractivity contribution in [3.63, 3.8) is 0 Å². The Morgan fingerprint density at radius 1 is 1.06 bits per heavy atom. The van der Waals surface area contributed by atoms with Crippen LogP contribution in [0.15, 0.2) is 48.7 Å². The van der Waals surface area contributed by atoms with Gasteiger partial charge in [-0.2, -0.15) is 0 Å². The molecule has 2 atom stereocenters. The molecule has 3 rings (SSSR count). The number of nitro benzene ring substituents is 2. The number of benzene rings is 2. The Labute approximate surface area is 202 Å². The second kappa shape index (κ2) is 10.9. The third-order valence-electron chi connectivity index (χ3n) is 5.43. The standard InChI is InChI=1S/C22H22N6O8/c23-20(29)8-7-17(22(31)32)26-21(30)18(9-12-11-24-15-4-2-1-3-14(12)15)25-16-6-5-13(27(33)34)10-19(16)28(35)36/h1-6,10-11,17-18,24-25H,7-9H2,(H2,23,29)(H,26,30)(H,31,32)/t17-,18-/m0/s1. The predicted molar refractivity (Wildman–Crippen MR) is 127 cm³/mol. The number of para-hydroxylation sites is 1. The van der Waals surface area contributed by atoms with Crippen LogP contribution in [-0.2, 0) is 20.8 Å². The molecule has 0 aliphatic carbocycles. The SMILES string of the molecule is NC(=O)CC[C@H](NC(=O)[C@H](Cc1c[nH]c2ccccc12)Nc1ccc([N+](=O)[O-])cc1[N+](=O)[O-])C(=O)O. The number of carboxylic acid groups (broad SMARTS) is 1. The second-order valence-corrected chi connectivity index (χ2v) is 7.88. The molecule has 0 fully saturated rings. The normalized spacial score (nSPS) is 12.4. The molecule has 14 heteroatoms. The maximum absolute atomic E-state index is 13.2. The van der Waals surface area contributed by atoms with E-state index in [1.165, 1.54) is 0 Å². The number of amides is 2. The summed E-state index contributed by atoms with van der Waals surface area (Å²) in [5.74, 6) is -2.95.